The third kappa shape index (κ3) is 4.99. The van der Waals surface area contributed by atoms with Crippen LogP contribution in [0.15, 0.2) is 0 Å². The lowest BCUT2D eigenvalue weighted by atomic mass is 9.98. The van der Waals surface area contributed by atoms with Crippen LogP contribution in [0.3, 0.4) is 0 Å². The van der Waals surface area contributed by atoms with Crippen LogP contribution in [-0.4, -0.2) is 103 Å². The maximum atomic E-state index is 13.2. The van der Waals surface area contributed by atoms with Crippen LogP contribution in [0, 0.1) is 5.92 Å². The second-order valence-electron chi connectivity index (χ2n) is 8.68. The number of amides is 1. The molecule has 0 radical (unpaired) electrons. The van der Waals surface area contributed by atoms with Crippen molar-refractivity contribution >= 4 is 29.1 Å². The van der Waals surface area contributed by atoms with Crippen molar-refractivity contribution < 1.29 is 9.53 Å². The van der Waals surface area contributed by atoms with Crippen molar-refractivity contribution in [2.24, 2.45) is 11.7 Å². The van der Waals surface area contributed by atoms with Gasteiger partial charge in [-0.2, -0.15) is 0 Å². The number of nitrogens with two attached hydrogens (primary N) is 1. The SMILES string of the molecule is CN1CCC(OC2C(Cl)CNCC2NC(=O)C2C(N)NN3CC(Cl)CNC23)CC1. The number of nitrogens with zero attached hydrogens (tertiary/aromatic N) is 2. The Balaban J connectivity index is 1.39. The van der Waals surface area contributed by atoms with Gasteiger partial charge in [0.25, 0.3) is 0 Å². The maximum Gasteiger partial charge on any atom is 0.229 e. The van der Waals surface area contributed by atoms with E-state index in [-0.39, 0.29) is 41.1 Å². The van der Waals surface area contributed by atoms with Crippen molar-refractivity contribution in [2.45, 2.75) is 54.2 Å². The van der Waals surface area contributed by atoms with Crippen LogP contribution in [0.1, 0.15) is 12.8 Å². The van der Waals surface area contributed by atoms with E-state index in [9.17, 15) is 4.79 Å². The van der Waals surface area contributed by atoms with Gasteiger partial charge >= 0.3 is 0 Å². The summed E-state index contributed by atoms with van der Waals surface area (Å²) in [7, 11) is 2.13. The van der Waals surface area contributed by atoms with Crippen LogP contribution in [0.5, 0.6) is 0 Å². The summed E-state index contributed by atoms with van der Waals surface area (Å²) in [6.07, 6.45) is 1.30. The Labute approximate surface area is 182 Å². The molecule has 7 atom stereocenters. The van der Waals surface area contributed by atoms with E-state index in [0.29, 0.717) is 26.2 Å². The quantitative estimate of drug-likeness (QED) is 0.327. The van der Waals surface area contributed by atoms with E-state index < -0.39 is 12.1 Å². The molecule has 4 aliphatic heterocycles. The molecule has 4 fully saturated rings. The third-order valence-corrected chi connectivity index (χ3v) is 7.12. The molecule has 0 saturated carbocycles. The molecule has 0 spiro atoms. The van der Waals surface area contributed by atoms with E-state index in [4.69, 9.17) is 33.7 Å². The zero-order valence-electron chi connectivity index (χ0n) is 16.8. The number of ether oxygens (including phenoxy) is 1. The molecule has 1 amide bonds. The van der Waals surface area contributed by atoms with Crippen LogP contribution in [0.25, 0.3) is 0 Å². The lowest BCUT2D eigenvalue weighted by molar-refractivity contribution is -0.130. The van der Waals surface area contributed by atoms with Crippen LogP contribution in [0.4, 0.5) is 0 Å². The highest BCUT2D eigenvalue weighted by Crippen LogP contribution is 2.25. The van der Waals surface area contributed by atoms with Gasteiger partial charge in [0.05, 0.1) is 47.3 Å². The first-order chi connectivity index (χ1) is 13.9. The van der Waals surface area contributed by atoms with Gasteiger partial charge < -0.3 is 26.0 Å². The number of hydrazine groups is 1. The molecule has 7 unspecified atom stereocenters. The average Bonchev–Trinajstić information content (AvgIpc) is 3.01. The Morgan fingerprint density at radius 3 is 2.72 bits per heavy atom. The Kier molecular flexibility index (Phi) is 7.20. The summed E-state index contributed by atoms with van der Waals surface area (Å²) in [6.45, 7) is 4.64. The highest BCUT2D eigenvalue weighted by Gasteiger charge is 2.48. The Hall–Kier alpha value is -0.230. The summed E-state index contributed by atoms with van der Waals surface area (Å²) in [5.74, 6) is -0.508. The zero-order valence-corrected chi connectivity index (χ0v) is 18.3. The fourth-order valence-electron chi connectivity index (χ4n) is 4.78. The number of fused-ring (bicyclic) bond motifs is 1. The van der Waals surface area contributed by atoms with E-state index in [2.05, 4.69) is 33.3 Å². The molecule has 0 aliphatic carbocycles. The Bertz CT molecular complexity index is 580. The van der Waals surface area contributed by atoms with Gasteiger partial charge in [0.1, 0.15) is 0 Å². The number of hydrogen-bond donors (Lipinski definition) is 5. The second kappa shape index (κ2) is 9.50. The molecule has 0 bridgehead atoms. The standard InChI is InChI=1S/C18H33Cl2N7O2/c1-26-4-2-11(3-5-26)29-15-12(20)7-22-8-13(15)24-18(28)14-16(21)25-27-9-10(19)6-23-17(14)27/h10-17,22-23,25H,2-9,21H2,1H3,(H,24,28). The van der Waals surface area contributed by atoms with Crippen LogP contribution in [0.2, 0.25) is 0 Å². The molecule has 4 heterocycles. The smallest absolute Gasteiger partial charge is 0.229 e. The topological polar surface area (TPSA) is 107 Å². The first-order valence-electron chi connectivity index (χ1n) is 10.6. The normalized spacial score (nSPS) is 42.6. The number of hydrogen-bond acceptors (Lipinski definition) is 8. The maximum absolute atomic E-state index is 13.2. The number of carbonyl (C=O) groups is 1. The minimum atomic E-state index is -0.467. The molecule has 11 heteroatoms. The minimum absolute atomic E-state index is 0.0142. The van der Waals surface area contributed by atoms with Crippen LogP contribution >= 0.6 is 23.2 Å². The van der Waals surface area contributed by atoms with Crippen LogP contribution < -0.4 is 27.1 Å². The van der Waals surface area contributed by atoms with Gasteiger partial charge in [-0.05, 0) is 19.9 Å². The molecule has 29 heavy (non-hydrogen) atoms. The highest BCUT2D eigenvalue weighted by atomic mass is 35.5. The number of carbonyl (C=O) groups excluding carboxylic acids is 1. The lowest BCUT2D eigenvalue weighted by Gasteiger charge is -2.40. The predicted molar refractivity (Wildman–Crippen MR) is 113 cm³/mol. The number of likely N-dealkylation sites (tertiary alicyclic amines) is 1. The summed E-state index contributed by atoms with van der Waals surface area (Å²) in [4.78, 5) is 15.5. The summed E-state index contributed by atoms with van der Waals surface area (Å²) in [5.41, 5.74) is 9.41. The van der Waals surface area contributed by atoms with E-state index >= 15 is 0 Å². The van der Waals surface area contributed by atoms with Gasteiger partial charge in [-0.15, -0.1) is 23.2 Å². The van der Waals surface area contributed by atoms with Crippen molar-refractivity contribution in [3.8, 4) is 0 Å². The molecule has 4 rings (SSSR count). The third-order valence-electron chi connectivity index (χ3n) is 6.42. The molecule has 0 aromatic heterocycles. The van der Waals surface area contributed by atoms with Gasteiger partial charge in [0.2, 0.25) is 5.91 Å². The van der Waals surface area contributed by atoms with Crippen molar-refractivity contribution in [2.75, 3.05) is 46.3 Å². The van der Waals surface area contributed by atoms with E-state index in [1.54, 1.807) is 0 Å². The molecule has 166 valence electrons. The van der Waals surface area contributed by atoms with Gasteiger partial charge in [0.15, 0.2) is 0 Å². The van der Waals surface area contributed by atoms with E-state index in [1.807, 2.05) is 5.01 Å². The van der Waals surface area contributed by atoms with Crippen molar-refractivity contribution in [3.63, 3.8) is 0 Å². The first-order valence-corrected chi connectivity index (χ1v) is 11.4. The Morgan fingerprint density at radius 2 is 1.97 bits per heavy atom. The molecule has 4 saturated heterocycles. The summed E-state index contributed by atoms with van der Waals surface area (Å²) in [5, 5.41) is 11.5. The lowest BCUT2D eigenvalue weighted by Crippen LogP contribution is -2.63. The minimum Gasteiger partial charge on any atom is -0.371 e. The number of rotatable bonds is 4. The summed E-state index contributed by atoms with van der Waals surface area (Å²) < 4.78 is 6.41. The van der Waals surface area contributed by atoms with Gasteiger partial charge in [-0.25, -0.2) is 10.4 Å². The van der Waals surface area contributed by atoms with Gasteiger partial charge in [0, 0.05) is 39.3 Å². The molecule has 0 aromatic carbocycles. The molecule has 6 N–H and O–H groups in total. The number of halogens is 2. The van der Waals surface area contributed by atoms with Gasteiger partial charge in [-0.3, -0.25) is 10.1 Å². The monoisotopic (exact) mass is 449 g/mol. The number of piperidine rings is 2. The molecule has 9 nitrogen and oxygen atoms in total. The molecule has 0 aromatic rings. The highest BCUT2D eigenvalue weighted by molar-refractivity contribution is 6.21. The van der Waals surface area contributed by atoms with Crippen molar-refractivity contribution in [1.82, 2.24) is 31.3 Å². The fraction of sp³-hybridized carbons (Fsp3) is 0.944. The van der Waals surface area contributed by atoms with E-state index in [1.165, 1.54) is 0 Å². The van der Waals surface area contributed by atoms with Crippen LogP contribution in [-0.2, 0) is 9.53 Å². The Morgan fingerprint density at radius 1 is 1.21 bits per heavy atom. The zero-order chi connectivity index (χ0) is 20.5. The number of nitrogens with one attached hydrogen (secondary N) is 4. The average molecular weight is 450 g/mol. The molecular weight excluding hydrogens is 417 g/mol. The fourth-order valence-corrected chi connectivity index (χ4v) is 5.36. The van der Waals surface area contributed by atoms with E-state index in [0.717, 1.165) is 25.9 Å². The number of alkyl halides is 2. The second-order valence-corrected chi connectivity index (χ2v) is 9.85. The summed E-state index contributed by atoms with van der Waals surface area (Å²) in [6, 6.07) is -0.191. The largest absolute Gasteiger partial charge is 0.371 e. The molecular formula is C18H33Cl2N7O2. The first kappa shape index (κ1) is 22.0. The molecule has 4 aliphatic rings. The summed E-state index contributed by atoms with van der Waals surface area (Å²) >= 11 is 12.8. The van der Waals surface area contributed by atoms with Crippen molar-refractivity contribution in [3.05, 3.63) is 0 Å². The van der Waals surface area contributed by atoms with Crippen molar-refractivity contribution in [1.29, 1.82) is 0 Å². The van der Waals surface area contributed by atoms with Gasteiger partial charge in [-0.1, -0.05) is 0 Å². The predicted octanol–water partition coefficient (Wildman–Crippen LogP) is -1.58.